The summed E-state index contributed by atoms with van der Waals surface area (Å²) in [7, 11) is 1.84. The molecule has 1 N–H and O–H groups in total. The Kier molecular flexibility index (Phi) is 5.49. The number of hydrogen-bond acceptors (Lipinski definition) is 2. The largest absolute Gasteiger partial charge is 0.347 e. The second-order valence-corrected chi connectivity index (χ2v) is 6.58. The number of amides is 2. The maximum atomic E-state index is 12.8. The molecule has 2 unspecified atom stereocenters. The third-order valence-electron chi connectivity index (χ3n) is 4.92. The average molecular weight is 336 g/mol. The highest BCUT2D eigenvalue weighted by Gasteiger charge is 2.32. The first-order valence-electron chi connectivity index (χ1n) is 8.85. The number of carbonyl (C=O) groups is 2. The lowest BCUT2D eigenvalue weighted by Gasteiger charge is -2.38. The molecule has 2 aromatic rings. The van der Waals surface area contributed by atoms with Gasteiger partial charge in [0.05, 0.1) is 6.04 Å². The third-order valence-corrected chi connectivity index (χ3v) is 4.92. The van der Waals surface area contributed by atoms with Gasteiger partial charge in [-0.25, -0.2) is 0 Å². The molecule has 2 aromatic carbocycles. The van der Waals surface area contributed by atoms with E-state index >= 15 is 0 Å². The summed E-state index contributed by atoms with van der Waals surface area (Å²) in [6, 6.07) is 18.6. The number of benzene rings is 2. The molecule has 4 nitrogen and oxygen atoms in total. The molecule has 25 heavy (non-hydrogen) atoms. The maximum Gasteiger partial charge on any atom is 0.253 e. The van der Waals surface area contributed by atoms with E-state index in [4.69, 9.17) is 0 Å². The topological polar surface area (TPSA) is 49.4 Å². The Labute approximate surface area is 148 Å². The van der Waals surface area contributed by atoms with E-state index in [1.54, 1.807) is 4.90 Å². The second kappa shape index (κ2) is 7.97. The molecule has 0 aromatic heterocycles. The van der Waals surface area contributed by atoms with E-state index < -0.39 is 0 Å². The minimum Gasteiger partial charge on any atom is -0.347 e. The average Bonchev–Trinajstić information content (AvgIpc) is 2.68. The van der Waals surface area contributed by atoms with Gasteiger partial charge in [0.2, 0.25) is 0 Å². The van der Waals surface area contributed by atoms with Crippen molar-refractivity contribution in [3.05, 3.63) is 71.8 Å². The lowest BCUT2D eigenvalue weighted by Crippen LogP contribution is -2.53. The Bertz CT molecular complexity index is 715. The molecule has 4 heteroatoms. The van der Waals surface area contributed by atoms with Crippen LogP contribution in [0.25, 0.3) is 0 Å². The van der Waals surface area contributed by atoms with Crippen LogP contribution < -0.4 is 5.32 Å². The van der Waals surface area contributed by atoms with E-state index in [0.29, 0.717) is 11.1 Å². The second-order valence-electron chi connectivity index (χ2n) is 6.58. The summed E-state index contributed by atoms with van der Waals surface area (Å²) < 4.78 is 0. The Hall–Kier alpha value is -2.62. The summed E-state index contributed by atoms with van der Waals surface area (Å²) >= 11 is 0. The molecular weight excluding hydrogens is 312 g/mol. The van der Waals surface area contributed by atoms with Crippen LogP contribution in [0.15, 0.2) is 60.7 Å². The van der Waals surface area contributed by atoms with Crippen LogP contribution in [-0.4, -0.2) is 35.8 Å². The summed E-state index contributed by atoms with van der Waals surface area (Å²) in [5.74, 6) is -0.0653. The van der Waals surface area contributed by atoms with Gasteiger partial charge in [0, 0.05) is 24.2 Å². The smallest absolute Gasteiger partial charge is 0.253 e. The molecule has 0 bridgehead atoms. The molecule has 1 fully saturated rings. The SMILES string of the molecule is CN(C(=O)c1ccccc1)C1CCCCC1NC(=O)c1ccccc1. The molecule has 3 rings (SSSR count). The predicted octanol–water partition coefficient (Wildman–Crippen LogP) is 3.50. The van der Waals surface area contributed by atoms with E-state index in [2.05, 4.69) is 5.32 Å². The van der Waals surface area contributed by atoms with Crippen molar-refractivity contribution in [1.29, 1.82) is 0 Å². The van der Waals surface area contributed by atoms with Gasteiger partial charge in [0.1, 0.15) is 0 Å². The molecule has 0 saturated heterocycles. The van der Waals surface area contributed by atoms with E-state index in [9.17, 15) is 9.59 Å². The van der Waals surface area contributed by atoms with Crippen molar-refractivity contribution in [2.75, 3.05) is 7.05 Å². The van der Waals surface area contributed by atoms with Crippen molar-refractivity contribution < 1.29 is 9.59 Å². The number of carbonyl (C=O) groups excluding carboxylic acids is 2. The van der Waals surface area contributed by atoms with Gasteiger partial charge in [-0.05, 0) is 37.1 Å². The first-order chi connectivity index (χ1) is 12.2. The van der Waals surface area contributed by atoms with Crippen LogP contribution in [0.4, 0.5) is 0 Å². The molecule has 0 heterocycles. The molecule has 1 aliphatic carbocycles. The fourth-order valence-corrected chi connectivity index (χ4v) is 3.52. The summed E-state index contributed by atoms with van der Waals surface area (Å²) in [5.41, 5.74) is 1.34. The van der Waals surface area contributed by atoms with Gasteiger partial charge in [0.15, 0.2) is 0 Å². The molecule has 0 aliphatic heterocycles. The third kappa shape index (κ3) is 4.08. The van der Waals surface area contributed by atoms with E-state index in [0.717, 1.165) is 25.7 Å². The number of nitrogens with one attached hydrogen (secondary N) is 1. The highest BCUT2D eigenvalue weighted by Crippen LogP contribution is 2.24. The van der Waals surface area contributed by atoms with Gasteiger partial charge in [-0.3, -0.25) is 9.59 Å². The number of nitrogens with zero attached hydrogens (tertiary/aromatic N) is 1. The minimum absolute atomic E-state index is 0.00598. The quantitative estimate of drug-likeness (QED) is 0.929. The van der Waals surface area contributed by atoms with Crippen LogP contribution in [0, 0.1) is 0 Å². The molecule has 1 aliphatic rings. The Morgan fingerprint density at radius 2 is 1.44 bits per heavy atom. The lowest BCUT2D eigenvalue weighted by atomic mass is 9.88. The molecule has 2 atom stereocenters. The standard InChI is InChI=1S/C21H24N2O2/c1-23(21(25)17-12-6-3-7-13-17)19-15-9-8-14-18(19)22-20(24)16-10-4-2-5-11-16/h2-7,10-13,18-19H,8-9,14-15H2,1H3,(H,22,24). The Morgan fingerprint density at radius 3 is 2.08 bits per heavy atom. The minimum atomic E-state index is -0.0712. The summed E-state index contributed by atoms with van der Waals surface area (Å²) in [5, 5.41) is 3.14. The number of hydrogen-bond donors (Lipinski definition) is 1. The first-order valence-corrected chi connectivity index (χ1v) is 8.85. The van der Waals surface area contributed by atoms with Crippen molar-refractivity contribution >= 4 is 11.8 Å². The van der Waals surface area contributed by atoms with Gasteiger partial charge in [0.25, 0.3) is 11.8 Å². The molecule has 2 amide bonds. The van der Waals surface area contributed by atoms with Crippen LogP contribution in [0.2, 0.25) is 0 Å². The fraction of sp³-hybridized carbons (Fsp3) is 0.333. The number of rotatable bonds is 4. The van der Waals surface area contributed by atoms with Crippen LogP contribution in [0.3, 0.4) is 0 Å². The van der Waals surface area contributed by atoms with Crippen molar-refractivity contribution in [1.82, 2.24) is 10.2 Å². The van der Waals surface area contributed by atoms with Gasteiger partial charge in [-0.2, -0.15) is 0 Å². The van der Waals surface area contributed by atoms with Crippen LogP contribution in [0.5, 0.6) is 0 Å². The summed E-state index contributed by atoms with van der Waals surface area (Å²) in [4.78, 5) is 27.1. The Morgan fingerprint density at radius 1 is 0.880 bits per heavy atom. The molecular formula is C21H24N2O2. The van der Waals surface area contributed by atoms with Crippen LogP contribution >= 0.6 is 0 Å². The van der Waals surface area contributed by atoms with Crippen LogP contribution in [-0.2, 0) is 0 Å². The first kappa shape index (κ1) is 17.2. The molecule has 130 valence electrons. The van der Waals surface area contributed by atoms with Gasteiger partial charge < -0.3 is 10.2 Å². The molecule has 1 saturated carbocycles. The predicted molar refractivity (Wildman–Crippen MR) is 98.5 cm³/mol. The zero-order chi connectivity index (χ0) is 17.6. The molecule has 0 radical (unpaired) electrons. The highest BCUT2D eigenvalue weighted by atomic mass is 16.2. The zero-order valence-corrected chi connectivity index (χ0v) is 14.5. The summed E-state index contributed by atoms with van der Waals surface area (Å²) in [6.07, 6.45) is 3.96. The molecule has 0 spiro atoms. The fourth-order valence-electron chi connectivity index (χ4n) is 3.52. The van der Waals surface area contributed by atoms with E-state index in [1.165, 1.54) is 0 Å². The van der Waals surface area contributed by atoms with Crippen molar-refractivity contribution in [2.45, 2.75) is 37.8 Å². The van der Waals surface area contributed by atoms with Crippen molar-refractivity contribution in [3.8, 4) is 0 Å². The van der Waals surface area contributed by atoms with Crippen molar-refractivity contribution in [3.63, 3.8) is 0 Å². The maximum absolute atomic E-state index is 12.8. The van der Waals surface area contributed by atoms with Gasteiger partial charge >= 0.3 is 0 Å². The highest BCUT2D eigenvalue weighted by molar-refractivity contribution is 5.95. The van der Waals surface area contributed by atoms with Gasteiger partial charge in [-0.15, -0.1) is 0 Å². The van der Waals surface area contributed by atoms with Crippen LogP contribution in [0.1, 0.15) is 46.4 Å². The summed E-state index contributed by atoms with van der Waals surface area (Å²) in [6.45, 7) is 0. The monoisotopic (exact) mass is 336 g/mol. The lowest BCUT2D eigenvalue weighted by molar-refractivity contribution is 0.0626. The Balaban J connectivity index is 1.72. The van der Waals surface area contributed by atoms with E-state index in [1.807, 2.05) is 67.7 Å². The normalized spacial score (nSPS) is 19.9. The van der Waals surface area contributed by atoms with Crippen molar-refractivity contribution in [2.24, 2.45) is 0 Å². The van der Waals surface area contributed by atoms with E-state index in [-0.39, 0.29) is 23.9 Å². The van der Waals surface area contributed by atoms with Gasteiger partial charge in [-0.1, -0.05) is 49.2 Å². The zero-order valence-electron chi connectivity index (χ0n) is 14.5. The number of likely N-dealkylation sites (N-methyl/N-ethyl adjacent to an activating group) is 1.